The highest BCUT2D eigenvalue weighted by atomic mass is 16.5. The van der Waals surface area contributed by atoms with E-state index in [2.05, 4.69) is 57.2 Å². The maximum Gasteiger partial charge on any atom is 0.219 e. The molecule has 0 bridgehead atoms. The van der Waals surface area contributed by atoms with Gasteiger partial charge in [-0.05, 0) is 43.2 Å². The summed E-state index contributed by atoms with van der Waals surface area (Å²) in [6.07, 6.45) is 3.26. The standard InChI is InChI=1S/C26H35NO2/c1-20(2)25-18-26(15-17-29-25,24-12-10-21(3)11-13-24)14-16-27(22(4)28)19-23-8-6-5-7-9-23/h5-13,20,25H,14-19H2,1-4H3. The van der Waals surface area contributed by atoms with Gasteiger partial charge in [-0.25, -0.2) is 0 Å². The monoisotopic (exact) mass is 393 g/mol. The Morgan fingerprint density at radius 2 is 1.83 bits per heavy atom. The lowest BCUT2D eigenvalue weighted by Gasteiger charge is -2.44. The van der Waals surface area contributed by atoms with Crippen molar-refractivity contribution in [2.75, 3.05) is 13.2 Å². The van der Waals surface area contributed by atoms with Crippen LogP contribution in [0.2, 0.25) is 0 Å². The number of hydrogen-bond acceptors (Lipinski definition) is 2. The molecule has 2 atom stereocenters. The lowest BCUT2D eigenvalue weighted by molar-refractivity contribution is -0.130. The Balaban J connectivity index is 1.82. The molecule has 2 unspecified atom stereocenters. The molecule has 1 saturated heterocycles. The van der Waals surface area contributed by atoms with Crippen LogP contribution in [0.15, 0.2) is 54.6 Å². The van der Waals surface area contributed by atoms with Crippen molar-refractivity contribution in [1.29, 1.82) is 0 Å². The predicted octanol–water partition coefficient (Wildman–Crippen LogP) is 5.51. The second-order valence-electron chi connectivity index (χ2n) is 8.93. The highest BCUT2D eigenvalue weighted by molar-refractivity contribution is 5.73. The van der Waals surface area contributed by atoms with Gasteiger partial charge in [0.15, 0.2) is 0 Å². The molecule has 1 heterocycles. The average Bonchev–Trinajstić information content (AvgIpc) is 2.72. The van der Waals surface area contributed by atoms with E-state index in [1.807, 2.05) is 23.1 Å². The molecule has 0 N–H and O–H groups in total. The lowest BCUT2D eigenvalue weighted by atomic mass is 9.68. The molecular weight excluding hydrogens is 358 g/mol. The van der Waals surface area contributed by atoms with E-state index in [9.17, 15) is 4.79 Å². The molecule has 1 amide bonds. The van der Waals surface area contributed by atoms with Crippen LogP contribution in [-0.2, 0) is 21.5 Å². The molecular formula is C26H35NO2. The van der Waals surface area contributed by atoms with Crippen molar-refractivity contribution in [3.05, 3.63) is 71.3 Å². The summed E-state index contributed by atoms with van der Waals surface area (Å²) >= 11 is 0. The van der Waals surface area contributed by atoms with Crippen LogP contribution in [0.4, 0.5) is 0 Å². The zero-order valence-corrected chi connectivity index (χ0v) is 18.4. The molecule has 1 aliphatic heterocycles. The summed E-state index contributed by atoms with van der Waals surface area (Å²) in [5, 5.41) is 0. The number of carbonyl (C=O) groups excluding carboxylic acids is 1. The summed E-state index contributed by atoms with van der Waals surface area (Å²) in [7, 11) is 0. The quantitative estimate of drug-likeness (QED) is 0.621. The van der Waals surface area contributed by atoms with Crippen molar-refractivity contribution in [2.45, 2.75) is 65.0 Å². The van der Waals surface area contributed by atoms with E-state index in [0.29, 0.717) is 12.5 Å². The topological polar surface area (TPSA) is 29.5 Å². The Bertz CT molecular complexity index is 784. The first-order chi connectivity index (χ1) is 13.9. The largest absolute Gasteiger partial charge is 0.378 e. The molecule has 1 fully saturated rings. The highest BCUT2D eigenvalue weighted by Crippen LogP contribution is 2.42. The molecule has 3 heteroatoms. The molecule has 156 valence electrons. The van der Waals surface area contributed by atoms with Gasteiger partial charge in [-0.1, -0.05) is 74.0 Å². The minimum atomic E-state index is 0.0608. The first kappa shape index (κ1) is 21.6. The van der Waals surface area contributed by atoms with E-state index in [1.165, 1.54) is 16.7 Å². The van der Waals surface area contributed by atoms with Crippen LogP contribution in [-0.4, -0.2) is 30.1 Å². The zero-order valence-electron chi connectivity index (χ0n) is 18.4. The molecule has 2 aromatic rings. The lowest BCUT2D eigenvalue weighted by Crippen LogP contribution is -2.43. The third-order valence-electron chi connectivity index (χ3n) is 6.43. The number of carbonyl (C=O) groups is 1. The fourth-order valence-electron chi connectivity index (χ4n) is 4.42. The van der Waals surface area contributed by atoms with Crippen molar-refractivity contribution in [3.63, 3.8) is 0 Å². The van der Waals surface area contributed by atoms with Gasteiger partial charge in [0.05, 0.1) is 6.10 Å². The Morgan fingerprint density at radius 1 is 1.14 bits per heavy atom. The van der Waals surface area contributed by atoms with E-state index in [1.54, 1.807) is 6.92 Å². The number of hydrogen-bond donors (Lipinski definition) is 0. The zero-order chi connectivity index (χ0) is 20.9. The van der Waals surface area contributed by atoms with Crippen molar-refractivity contribution in [3.8, 4) is 0 Å². The van der Waals surface area contributed by atoms with Crippen LogP contribution >= 0.6 is 0 Å². The molecule has 0 radical (unpaired) electrons. The number of nitrogens with zero attached hydrogens (tertiary/aromatic N) is 1. The van der Waals surface area contributed by atoms with Crippen molar-refractivity contribution in [2.24, 2.45) is 5.92 Å². The summed E-state index contributed by atoms with van der Waals surface area (Å²) in [4.78, 5) is 14.4. The van der Waals surface area contributed by atoms with Gasteiger partial charge in [0, 0.05) is 32.0 Å². The number of amides is 1. The van der Waals surface area contributed by atoms with Crippen LogP contribution in [0, 0.1) is 12.8 Å². The maximum atomic E-state index is 12.4. The fraction of sp³-hybridized carbons (Fsp3) is 0.500. The van der Waals surface area contributed by atoms with Gasteiger partial charge in [-0.15, -0.1) is 0 Å². The molecule has 0 spiro atoms. The van der Waals surface area contributed by atoms with Crippen molar-refractivity contribution in [1.82, 2.24) is 4.90 Å². The SMILES string of the molecule is CC(=O)N(CCC1(c2ccc(C)cc2)CCOC(C(C)C)C1)Cc1ccccc1. The van der Waals surface area contributed by atoms with Gasteiger partial charge in [0.2, 0.25) is 5.91 Å². The maximum absolute atomic E-state index is 12.4. The summed E-state index contributed by atoms with van der Waals surface area (Å²) < 4.78 is 6.11. The number of ether oxygens (including phenoxy) is 1. The smallest absolute Gasteiger partial charge is 0.219 e. The molecule has 3 rings (SSSR count). The number of aryl methyl sites for hydroxylation is 1. The van der Waals surface area contributed by atoms with E-state index < -0.39 is 0 Å². The van der Waals surface area contributed by atoms with Gasteiger partial charge in [0.25, 0.3) is 0 Å². The highest BCUT2D eigenvalue weighted by Gasteiger charge is 2.39. The first-order valence-corrected chi connectivity index (χ1v) is 10.9. The van der Waals surface area contributed by atoms with Crippen molar-refractivity contribution < 1.29 is 9.53 Å². The Labute approximate surface area is 176 Å². The minimum Gasteiger partial charge on any atom is -0.378 e. The van der Waals surface area contributed by atoms with E-state index in [-0.39, 0.29) is 17.4 Å². The average molecular weight is 394 g/mol. The number of benzene rings is 2. The fourth-order valence-corrected chi connectivity index (χ4v) is 4.42. The Kier molecular flexibility index (Phi) is 7.13. The third-order valence-corrected chi connectivity index (χ3v) is 6.43. The van der Waals surface area contributed by atoms with Crippen LogP contribution in [0.25, 0.3) is 0 Å². The van der Waals surface area contributed by atoms with Gasteiger partial charge < -0.3 is 9.64 Å². The second kappa shape index (κ2) is 9.58. The van der Waals surface area contributed by atoms with E-state index in [4.69, 9.17) is 4.74 Å². The van der Waals surface area contributed by atoms with E-state index >= 15 is 0 Å². The van der Waals surface area contributed by atoms with Gasteiger partial charge >= 0.3 is 0 Å². The van der Waals surface area contributed by atoms with Crippen LogP contribution < -0.4 is 0 Å². The summed E-state index contributed by atoms with van der Waals surface area (Å²) in [5.41, 5.74) is 3.91. The molecule has 3 nitrogen and oxygen atoms in total. The van der Waals surface area contributed by atoms with Gasteiger partial charge in [0.1, 0.15) is 0 Å². The molecule has 0 aromatic heterocycles. The van der Waals surface area contributed by atoms with Crippen LogP contribution in [0.1, 0.15) is 56.7 Å². The van der Waals surface area contributed by atoms with Crippen LogP contribution in [0.5, 0.6) is 0 Å². The minimum absolute atomic E-state index is 0.0608. The second-order valence-corrected chi connectivity index (χ2v) is 8.93. The van der Waals surface area contributed by atoms with E-state index in [0.717, 1.165) is 32.4 Å². The Morgan fingerprint density at radius 3 is 2.45 bits per heavy atom. The molecule has 0 saturated carbocycles. The Hall–Kier alpha value is -2.13. The molecule has 0 aliphatic carbocycles. The summed E-state index contributed by atoms with van der Waals surface area (Å²) in [6, 6.07) is 19.3. The normalized spacial score (nSPS) is 21.9. The first-order valence-electron chi connectivity index (χ1n) is 10.9. The van der Waals surface area contributed by atoms with Crippen LogP contribution in [0.3, 0.4) is 0 Å². The molecule has 29 heavy (non-hydrogen) atoms. The third kappa shape index (κ3) is 5.48. The van der Waals surface area contributed by atoms with Crippen molar-refractivity contribution >= 4 is 5.91 Å². The summed E-state index contributed by atoms with van der Waals surface area (Å²) in [5.74, 6) is 0.633. The number of rotatable bonds is 7. The van der Waals surface area contributed by atoms with Gasteiger partial charge in [-0.2, -0.15) is 0 Å². The van der Waals surface area contributed by atoms with Gasteiger partial charge in [-0.3, -0.25) is 4.79 Å². The summed E-state index contributed by atoms with van der Waals surface area (Å²) in [6.45, 7) is 10.5. The molecule has 1 aliphatic rings. The predicted molar refractivity (Wildman–Crippen MR) is 119 cm³/mol. The molecule has 2 aromatic carbocycles.